The average molecular weight is 274 g/mol. The number of rotatable bonds is 4. The van der Waals surface area contributed by atoms with Gasteiger partial charge >= 0.3 is 5.97 Å². The van der Waals surface area contributed by atoms with Gasteiger partial charge in [-0.25, -0.2) is 4.98 Å². The topological polar surface area (TPSA) is 48.4 Å². The van der Waals surface area contributed by atoms with Gasteiger partial charge in [-0.15, -0.1) is 0 Å². The van der Waals surface area contributed by atoms with Gasteiger partial charge in [0.05, 0.1) is 26.3 Å². The molecule has 82 valence electrons. The van der Waals surface area contributed by atoms with Gasteiger partial charge in [-0.05, 0) is 34.5 Å². The molecule has 0 atom stereocenters. The van der Waals surface area contributed by atoms with Gasteiger partial charge in [0.1, 0.15) is 10.4 Å². The number of nitrogens with zero attached hydrogens (tertiary/aromatic N) is 1. The molecule has 0 saturated carbocycles. The van der Waals surface area contributed by atoms with E-state index in [9.17, 15) is 4.79 Å². The molecule has 1 aromatic rings. The Bertz CT molecular complexity index is 355. The number of hydrogen-bond donors (Lipinski definition) is 0. The second-order valence-electron chi connectivity index (χ2n) is 2.81. The molecule has 0 aliphatic heterocycles. The Balaban J connectivity index is 2.79. The van der Waals surface area contributed by atoms with E-state index in [-0.39, 0.29) is 12.4 Å². The van der Waals surface area contributed by atoms with E-state index in [4.69, 9.17) is 9.47 Å². The highest BCUT2D eigenvalue weighted by molar-refractivity contribution is 9.10. The second kappa shape index (κ2) is 5.70. The minimum absolute atomic E-state index is 0.193. The van der Waals surface area contributed by atoms with Crippen molar-refractivity contribution in [2.24, 2.45) is 0 Å². The summed E-state index contributed by atoms with van der Waals surface area (Å²) in [6.07, 6.45) is 1.78. The molecule has 1 rings (SSSR count). The van der Waals surface area contributed by atoms with Gasteiger partial charge in [0.15, 0.2) is 0 Å². The van der Waals surface area contributed by atoms with Gasteiger partial charge in [-0.3, -0.25) is 4.79 Å². The Kier molecular flexibility index (Phi) is 4.55. The highest BCUT2D eigenvalue weighted by Crippen LogP contribution is 2.20. The molecule has 0 amide bonds. The minimum Gasteiger partial charge on any atom is -0.495 e. The van der Waals surface area contributed by atoms with Crippen LogP contribution in [0.1, 0.15) is 12.5 Å². The summed E-state index contributed by atoms with van der Waals surface area (Å²) in [5, 5.41) is 0. The van der Waals surface area contributed by atoms with E-state index in [0.717, 1.165) is 5.56 Å². The summed E-state index contributed by atoms with van der Waals surface area (Å²) < 4.78 is 10.5. The molecule has 0 spiro atoms. The molecular weight excluding hydrogens is 262 g/mol. The summed E-state index contributed by atoms with van der Waals surface area (Å²) in [4.78, 5) is 15.3. The molecule has 4 nitrogen and oxygen atoms in total. The number of pyridine rings is 1. The maximum Gasteiger partial charge on any atom is 0.310 e. The number of carbonyl (C=O) groups is 1. The van der Waals surface area contributed by atoms with Crippen LogP contribution in [0.15, 0.2) is 16.9 Å². The lowest BCUT2D eigenvalue weighted by atomic mass is 10.2. The lowest BCUT2D eigenvalue weighted by Gasteiger charge is -2.06. The van der Waals surface area contributed by atoms with Gasteiger partial charge < -0.3 is 9.47 Å². The normalized spacial score (nSPS) is 9.80. The average Bonchev–Trinajstić information content (AvgIpc) is 2.21. The SMILES string of the molecule is CCOC(=O)Cc1cc(OC)cnc1Br. The monoisotopic (exact) mass is 273 g/mol. The first-order valence-electron chi connectivity index (χ1n) is 4.51. The standard InChI is InChI=1S/C10H12BrNO3/c1-3-15-9(13)5-7-4-8(14-2)6-12-10(7)11/h4,6H,3,5H2,1-2H3. The van der Waals surface area contributed by atoms with Crippen molar-refractivity contribution in [3.05, 3.63) is 22.4 Å². The van der Waals surface area contributed by atoms with Crippen molar-refractivity contribution in [1.29, 1.82) is 0 Å². The van der Waals surface area contributed by atoms with E-state index < -0.39 is 0 Å². The zero-order valence-electron chi connectivity index (χ0n) is 8.62. The lowest BCUT2D eigenvalue weighted by Crippen LogP contribution is -2.08. The van der Waals surface area contributed by atoms with Gasteiger partial charge in [0, 0.05) is 0 Å². The number of esters is 1. The first-order valence-corrected chi connectivity index (χ1v) is 5.30. The van der Waals surface area contributed by atoms with E-state index in [0.29, 0.717) is 17.0 Å². The van der Waals surface area contributed by atoms with E-state index in [1.807, 2.05) is 0 Å². The zero-order chi connectivity index (χ0) is 11.3. The largest absolute Gasteiger partial charge is 0.495 e. The van der Waals surface area contributed by atoms with Crippen molar-refractivity contribution >= 4 is 21.9 Å². The summed E-state index contributed by atoms with van der Waals surface area (Å²) in [6, 6.07) is 1.76. The molecule has 15 heavy (non-hydrogen) atoms. The molecule has 0 N–H and O–H groups in total. The summed E-state index contributed by atoms with van der Waals surface area (Å²) in [7, 11) is 1.55. The van der Waals surface area contributed by atoms with Crippen molar-refractivity contribution in [3.8, 4) is 5.75 Å². The molecule has 0 aromatic carbocycles. The van der Waals surface area contributed by atoms with Crippen LogP contribution in [0.3, 0.4) is 0 Å². The Morgan fingerprint density at radius 3 is 2.93 bits per heavy atom. The third kappa shape index (κ3) is 3.51. The highest BCUT2D eigenvalue weighted by Gasteiger charge is 2.09. The van der Waals surface area contributed by atoms with Gasteiger partial charge in [0.2, 0.25) is 0 Å². The second-order valence-corrected chi connectivity index (χ2v) is 3.56. The fourth-order valence-electron chi connectivity index (χ4n) is 1.07. The number of halogens is 1. The van der Waals surface area contributed by atoms with Crippen molar-refractivity contribution < 1.29 is 14.3 Å². The minimum atomic E-state index is -0.270. The number of methoxy groups -OCH3 is 1. The van der Waals surface area contributed by atoms with E-state index >= 15 is 0 Å². The number of carbonyl (C=O) groups excluding carboxylic acids is 1. The van der Waals surface area contributed by atoms with E-state index in [1.54, 1.807) is 26.3 Å². The maximum absolute atomic E-state index is 11.3. The number of ether oxygens (including phenoxy) is 2. The van der Waals surface area contributed by atoms with Crippen molar-refractivity contribution in [3.63, 3.8) is 0 Å². The van der Waals surface area contributed by atoms with Crippen LogP contribution in [0.25, 0.3) is 0 Å². The van der Waals surface area contributed by atoms with Crippen LogP contribution in [0.5, 0.6) is 5.75 Å². The predicted octanol–water partition coefficient (Wildman–Crippen LogP) is 1.96. The summed E-state index contributed by atoms with van der Waals surface area (Å²) >= 11 is 3.26. The highest BCUT2D eigenvalue weighted by atomic mass is 79.9. The molecule has 0 radical (unpaired) electrons. The Morgan fingerprint density at radius 2 is 2.33 bits per heavy atom. The smallest absolute Gasteiger partial charge is 0.310 e. The molecule has 1 heterocycles. The Labute approximate surface area is 96.7 Å². The van der Waals surface area contributed by atoms with Crippen molar-refractivity contribution in [1.82, 2.24) is 4.98 Å². The van der Waals surface area contributed by atoms with E-state index in [2.05, 4.69) is 20.9 Å². The first kappa shape index (κ1) is 12.0. The fourth-order valence-corrected chi connectivity index (χ4v) is 1.43. The van der Waals surface area contributed by atoms with Crippen molar-refractivity contribution in [2.45, 2.75) is 13.3 Å². The van der Waals surface area contributed by atoms with Crippen LogP contribution in [-0.4, -0.2) is 24.7 Å². The van der Waals surface area contributed by atoms with Crippen molar-refractivity contribution in [2.75, 3.05) is 13.7 Å². The Morgan fingerprint density at radius 1 is 1.60 bits per heavy atom. The van der Waals surface area contributed by atoms with E-state index in [1.165, 1.54) is 0 Å². The van der Waals surface area contributed by atoms with Crippen LogP contribution in [0, 0.1) is 0 Å². The van der Waals surface area contributed by atoms with Crippen LogP contribution in [-0.2, 0) is 16.0 Å². The van der Waals surface area contributed by atoms with Gasteiger partial charge in [-0.1, -0.05) is 0 Å². The summed E-state index contributed by atoms with van der Waals surface area (Å²) in [6.45, 7) is 2.16. The number of hydrogen-bond acceptors (Lipinski definition) is 4. The summed E-state index contributed by atoms with van der Waals surface area (Å²) in [5.41, 5.74) is 0.757. The van der Waals surface area contributed by atoms with Gasteiger partial charge in [-0.2, -0.15) is 0 Å². The lowest BCUT2D eigenvalue weighted by molar-refractivity contribution is -0.142. The van der Waals surface area contributed by atoms with Crippen LogP contribution in [0.4, 0.5) is 0 Å². The maximum atomic E-state index is 11.3. The number of aromatic nitrogens is 1. The quantitative estimate of drug-likeness (QED) is 0.622. The molecule has 0 unspecified atom stereocenters. The molecule has 0 aliphatic rings. The molecule has 0 bridgehead atoms. The molecular formula is C10H12BrNO3. The predicted molar refractivity (Wildman–Crippen MR) is 58.8 cm³/mol. The first-order chi connectivity index (χ1) is 7.17. The van der Waals surface area contributed by atoms with Crippen LogP contribution < -0.4 is 4.74 Å². The molecule has 0 aliphatic carbocycles. The van der Waals surface area contributed by atoms with Gasteiger partial charge in [0.25, 0.3) is 0 Å². The molecule has 5 heteroatoms. The molecule has 0 saturated heterocycles. The van der Waals surface area contributed by atoms with Crippen LogP contribution in [0.2, 0.25) is 0 Å². The molecule has 0 fully saturated rings. The zero-order valence-corrected chi connectivity index (χ0v) is 10.2. The third-order valence-electron chi connectivity index (χ3n) is 1.76. The Hall–Kier alpha value is -1.10. The van der Waals surface area contributed by atoms with Crippen LogP contribution >= 0.6 is 15.9 Å². The molecule has 1 aromatic heterocycles. The third-order valence-corrected chi connectivity index (χ3v) is 2.48. The summed E-state index contributed by atoms with van der Waals surface area (Å²) in [5.74, 6) is 0.353. The fraction of sp³-hybridized carbons (Fsp3) is 0.400.